The third-order valence-electron chi connectivity index (χ3n) is 3.50. The average Bonchev–Trinajstić information content (AvgIpc) is 2.59. The van der Waals surface area contributed by atoms with Crippen molar-refractivity contribution in [2.45, 2.75) is 19.9 Å². The third-order valence-corrected chi connectivity index (χ3v) is 4.32. The van der Waals surface area contributed by atoms with E-state index in [-0.39, 0.29) is 16.8 Å². The van der Waals surface area contributed by atoms with Crippen LogP contribution >= 0.6 is 23.2 Å². The van der Waals surface area contributed by atoms with Crippen molar-refractivity contribution in [3.05, 3.63) is 46.4 Å². The molecule has 0 heterocycles. The summed E-state index contributed by atoms with van der Waals surface area (Å²) in [4.78, 5) is 23.6. The molecular weight excluding hydrogens is 377 g/mol. The summed E-state index contributed by atoms with van der Waals surface area (Å²) < 4.78 is 5.27. The average molecular weight is 396 g/mol. The lowest BCUT2D eigenvalue weighted by atomic mass is 10.2. The molecule has 0 spiro atoms. The van der Waals surface area contributed by atoms with Crippen LogP contribution < -0.4 is 20.7 Å². The fourth-order valence-electron chi connectivity index (χ4n) is 2.23. The second-order valence-electron chi connectivity index (χ2n) is 5.55. The van der Waals surface area contributed by atoms with Crippen LogP contribution in [0.3, 0.4) is 0 Å². The summed E-state index contributed by atoms with van der Waals surface area (Å²) in [6, 6.07) is 9.59. The number of methoxy groups -OCH3 is 1. The van der Waals surface area contributed by atoms with Gasteiger partial charge in [-0.15, -0.1) is 0 Å². The molecule has 3 N–H and O–H groups in total. The van der Waals surface area contributed by atoms with E-state index in [9.17, 15) is 9.59 Å². The molecule has 0 saturated heterocycles. The molecule has 1 unspecified atom stereocenters. The highest BCUT2D eigenvalue weighted by atomic mass is 35.5. The molecule has 2 aromatic rings. The summed E-state index contributed by atoms with van der Waals surface area (Å²) in [5.74, 6) is 0.00456. The first-order chi connectivity index (χ1) is 12.3. The van der Waals surface area contributed by atoms with Crippen LogP contribution in [-0.4, -0.2) is 25.0 Å². The summed E-state index contributed by atoms with van der Waals surface area (Å²) in [6.45, 7) is 3.13. The minimum atomic E-state index is -0.554. The standard InChI is InChI=1S/C18H19Cl2N3O3/c1-10(18(25)23-15-6-4-5-13(19)17(15)20)21-12-7-8-14(22-11(2)24)16(9-12)26-3/h4-10,21H,1-3H3,(H,22,24)(H,23,25). The molecule has 0 aromatic heterocycles. The summed E-state index contributed by atoms with van der Waals surface area (Å²) >= 11 is 12.0. The summed E-state index contributed by atoms with van der Waals surface area (Å²) in [6.07, 6.45) is 0. The highest BCUT2D eigenvalue weighted by molar-refractivity contribution is 6.44. The number of rotatable bonds is 6. The normalized spacial score (nSPS) is 11.4. The Hall–Kier alpha value is -2.44. The van der Waals surface area contributed by atoms with Gasteiger partial charge in [0.1, 0.15) is 11.8 Å². The van der Waals surface area contributed by atoms with Gasteiger partial charge in [-0.05, 0) is 31.2 Å². The molecule has 26 heavy (non-hydrogen) atoms. The largest absolute Gasteiger partial charge is 0.494 e. The smallest absolute Gasteiger partial charge is 0.246 e. The van der Waals surface area contributed by atoms with Gasteiger partial charge >= 0.3 is 0 Å². The summed E-state index contributed by atoms with van der Waals surface area (Å²) in [7, 11) is 1.50. The minimum Gasteiger partial charge on any atom is -0.494 e. The number of benzene rings is 2. The third kappa shape index (κ3) is 5.03. The second kappa shape index (κ2) is 8.78. The van der Waals surface area contributed by atoms with Crippen LogP contribution in [0.4, 0.5) is 17.1 Å². The fourth-order valence-corrected chi connectivity index (χ4v) is 2.58. The minimum absolute atomic E-state index is 0.199. The number of nitrogens with one attached hydrogen (secondary N) is 3. The summed E-state index contributed by atoms with van der Waals surface area (Å²) in [5, 5.41) is 9.13. The van der Waals surface area contributed by atoms with Gasteiger partial charge in [0.05, 0.1) is 28.5 Å². The molecule has 0 fully saturated rings. The molecule has 1 atom stereocenters. The van der Waals surface area contributed by atoms with E-state index in [1.165, 1.54) is 14.0 Å². The molecular formula is C18H19Cl2N3O3. The van der Waals surface area contributed by atoms with Crippen molar-refractivity contribution in [2.75, 3.05) is 23.1 Å². The Kier molecular flexibility index (Phi) is 6.71. The van der Waals surface area contributed by atoms with Crippen molar-refractivity contribution in [3.63, 3.8) is 0 Å². The molecule has 0 radical (unpaired) electrons. The van der Waals surface area contributed by atoms with Gasteiger partial charge in [0.2, 0.25) is 11.8 Å². The zero-order valence-corrected chi connectivity index (χ0v) is 16.0. The van der Waals surface area contributed by atoms with E-state index in [0.29, 0.717) is 27.8 Å². The Morgan fingerprint density at radius 2 is 1.81 bits per heavy atom. The van der Waals surface area contributed by atoms with E-state index in [1.807, 2.05) is 0 Å². The Morgan fingerprint density at radius 3 is 2.46 bits per heavy atom. The number of carbonyl (C=O) groups excluding carboxylic acids is 2. The highest BCUT2D eigenvalue weighted by Crippen LogP contribution is 2.30. The lowest BCUT2D eigenvalue weighted by Gasteiger charge is -2.17. The Labute approximate surface area is 161 Å². The van der Waals surface area contributed by atoms with Crippen molar-refractivity contribution in [1.29, 1.82) is 0 Å². The van der Waals surface area contributed by atoms with Crippen LogP contribution in [0, 0.1) is 0 Å². The van der Waals surface area contributed by atoms with Crippen LogP contribution in [-0.2, 0) is 9.59 Å². The lowest BCUT2D eigenvalue weighted by Crippen LogP contribution is -2.32. The number of hydrogen-bond acceptors (Lipinski definition) is 4. The number of ether oxygens (including phenoxy) is 1. The Morgan fingerprint density at radius 1 is 1.08 bits per heavy atom. The molecule has 8 heteroatoms. The number of carbonyl (C=O) groups is 2. The van der Waals surface area contributed by atoms with E-state index in [2.05, 4.69) is 16.0 Å². The molecule has 2 rings (SSSR count). The van der Waals surface area contributed by atoms with Crippen molar-refractivity contribution >= 4 is 52.1 Å². The molecule has 0 saturated carbocycles. The molecule has 2 aromatic carbocycles. The van der Waals surface area contributed by atoms with Gasteiger partial charge in [-0.1, -0.05) is 29.3 Å². The predicted molar refractivity (Wildman–Crippen MR) is 105 cm³/mol. The SMILES string of the molecule is COc1cc(NC(C)C(=O)Nc2cccc(Cl)c2Cl)ccc1NC(C)=O. The van der Waals surface area contributed by atoms with E-state index in [4.69, 9.17) is 27.9 Å². The second-order valence-corrected chi connectivity index (χ2v) is 6.34. The van der Waals surface area contributed by atoms with Crippen molar-refractivity contribution in [1.82, 2.24) is 0 Å². The quantitative estimate of drug-likeness (QED) is 0.676. The molecule has 2 amide bonds. The first kappa shape index (κ1) is 19.9. The Balaban J connectivity index is 2.08. The summed E-state index contributed by atoms with van der Waals surface area (Å²) in [5.41, 5.74) is 1.65. The van der Waals surface area contributed by atoms with Gasteiger partial charge < -0.3 is 20.7 Å². The number of hydrogen-bond donors (Lipinski definition) is 3. The van der Waals surface area contributed by atoms with Crippen LogP contribution in [0.5, 0.6) is 5.75 Å². The van der Waals surface area contributed by atoms with Crippen molar-refractivity contribution < 1.29 is 14.3 Å². The van der Waals surface area contributed by atoms with Gasteiger partial charge in [0.15, 0.2) is 0 Å². The maximum absolute atomic E-state index is 12.4. The molecule has 0 bridgehead atoms. The van der Waals surface area contributed by atoms with Crippen LogP contribution in [0.25, 0.3) is 0 Å². The topological polar surface area (TPSA) is 79.5 Å². The van der Waals surface area contributed by atoms with Gasteiger partial charge in [-0.2, -0.15) is 0 Å². The van der Waals surface area contributed by atoms with Gasteiger partial charge in [-0.3, -0.25) is 9.59 Å². The highest BCUT2D eigenvalue weighted by Gasteiger charge is 2.16. The molecule has 0 aliphatic rings. The molecule has 138 valence electrons. The van der Waals surface area contributed by atoms with Crippen LogP contribution in [0.2, 0.25) is 10.0 Å². The number of anilines is 3. The van der Waals surface area contributed by atoms with E-state index in [0.717, 1.165) is 0 Å². The monoisotopic (exact) mass is 395 g/mol. The first-order valence-electron chi connectivity index (χ1n) is 7.79. The maximum Gasteiger partial charge on any atom is 0.246 e. The fraction of sp³-hybridized carbons (Fsp3) is 0.222. The lowest BCUT2D eigenvalue weighted by molar-refractivity contribution is -0.116. The van der Waals surface area contributed by atoms with E-state index in [1.54, 1.807) is 43.3 Å². The zero-order chi connectivity index (χ0) is 19.3. The van der Waals surface area contributed by atoms with Crippen LogP contribution in [0.15, 0.2) is 36.4 Å². The molecule has 0 aliphatic carbocycles. The predicted octanol–water partition coefficient (Wildman–Crippen LogP) is 4.40. The number of halogens is 2. The van der Waals surface area contributed by atoms with Crippen molar-refractivity contribution in [3.8, 4) is 5.75 Å². The maximum atomic E-state index is 12.4. The molecule has 0 aliphatic heterocycles. The van der Waals surface area contributed by atoms with E-state index >= 15 is 0 Å². The van der Waals surface area contributed by atoms with Gasteiger partial charge in [-0.25, -0.2) is 0 Å². The van der Waals surface area contributed by atoms with Crippen LogP contribution in [0.1, 0.15) is 13.8 Å². The van der Waals surface area contributed by atoms with E-state index < -0.39 is 6.04 Å². The van der Waals surface area contributed by atoms with Gasteiger partial charge in [0, 0.05) is 18.7 Å². The molecule has 6 nitrogen and oxygen atoms in total. The zero-order valence-electron chi connectivity index (χ0n) is 14.5. The Bertz CT molecular complexity index is 827. The number of amides is 2. The van der Waals surface area contributed by atoms with Gasteiger partial charge in [0.25, 0.3) is 0 Å². The first-order valence-corrected chi connectivity index (χ1v) is 8.54. The van der Waals surface area contributed by atoms with Crippen molar-refractivity contribution in [2.24, 2.45) is 0 Å².